The number of benzene rings is 4. The fourth-order valence-corrected chi connectivity index (χ4v) is 10.0. The van der Waals surface area contributed by atoms with Crippen molar-refractivity contribution in [2.75, 3.05) is 27.2 Å². The summed E-state index contributed by atoms with van der Waals surface area (Å²) in [6, 6.07) is 30.2. The first kappa shape index (κ1) is 49.4. The Hall–Kier alpha value is -6.54. The number of carbonyl (C=O) groups excluding carboxylic acids is 5. The number of nitrogens with one attached hydrogen (secondary N) is 3. The molecule has 1 aliphatic carbocycles. The zero-order chi connectivity index (χ0) is 49.0. The van der Waals surface area contributed by atoms with E-state index in [0.717, 1.165) is 11.1 Å². The second-order valence-electron chi connectivity index (χ2n) is 17.7. The number of nitrogens with zero attached hydrogens (tertiary/aromatic N) is 3. The second-order valence-corrected chi connectivity index (χ2v) is 20.6. The molecule has 2 aliphatic rings. The van der Waals surface area contributed by atoms with Crippen LogP contribution in [0.2, 0.25) is 0 Å². The lowest BCUT2D eigenvalue weighted by Crippen LogP contribution is -2.60. The van der Waals surface area contributed by atoms with E-state index >= 15 is 4.79 Å². The van der Waals surface area contributed by atoms with E-state index in [-0.39, 0.29) is 36.7 Å². The Morgan fingerprint density at radius 1 is 0.956 bits per heavy atom. The summed E-state index contributed by atoms with van der Waals surface area (Å²) >= 11 is 2.02. The average molecular weight is 1060 g/mol. The molecule has 1 aromatic heterocycles. The van der Waals surface area contributed by atoms with Crippen molar-refractivity contribution in [3.63, 3.8) is 0 Å². The molecule has 5 aromatic rings. The molecule has 1 saturated heterocycles. The van der Waals surface area contributed by atoms with Gasteiger partial charge < -0.3 is 34.6 Å². The zero-order valence-corrected chi connectivity index (χ0v) is 41.2. The maximum absolute atomic E-state index is 15.1. The number of fused-ring (bicyclic) bond motifs is 1. The van der Waals surface area contributed by atoms with Crippen LogP contribution >= 0.6 is 22.6 Å². The number of ether oxygens (including phenoxy) is 3. The number of amides is 5. The van der Waals surface area contributed by atoms with Crippen LogP contribution in [0.1, 0.15) is 43.1 Å². The summed E-state index contributed by atoms with van der Waals surface area (Å²) in [5, 5.41) is 6.06. The molecule has 16 nitrogen and oxygen atoms in total. The number of carbonyl (C=O) groups is 5. The molecule has 7 rings (SSSR count). The highest BCUT2D eigenvalue weighted by Gasteiger charge is 2.61. The molecule has 1 aliphatic heterocycles. The summed E-state index contributed by atoms with van der Waals surface area (Å²) < 4.78 is 46.0. The van der Waals surface area contributed by atoms with Gasteiger partial charge in [-0.05, 0) is 57.0 Å². The molecule has 2 heterocycles. The Morgan fingerprint density at radius 3 is 2.22 bits per heavy atom. The Balaban J connectivity index is 1.24. The van der Waals surface area contributed by atoms with Crippen molar-refractivity contribution in [2.24, 2.45) is 5.92 Å². The zero-order valence-electron chi connectivity index (χ0n) is 38.2. The van der Waals surface area contributed by atoms with E-state index < -0.39 is 73.0 Å². The summed E-state index contributed by atoms with van der Waals surface area (Å²) in [5.41, 5.74) is -0.0110. The van der Waals surface area contributed by atoms with E-state index in [1.165, 1.54) is 47.2 Å². The molecule has 6 atom stereocenters. The maximum Gasteiger partial charge on any atom is 0.408 e. The van der Waals surface area contributed by atoms with Gasteiger partial charge in [0.05, 0.1) is 29.8 Å². The van der Waals surface area contributed by atoms with Crippen molar-refractivity contribution in [1.29, 1.82) is 0 Å². The first-order valence-electron chi connectivity index (χ1n) is 21.8. The van der Waals surface area contributed by atoms with Crippen LogP contribution < -0.4 is 24.8 Å². The van der Waals surface area contributed by atoms with Crippen molar-refractivity contribution in [2.45, 2.75) is 71.8 Å². The van der Waals surface area contributed by atoms with Gasteiger partial charge in [0.25, 0.3) is 15.9 Å². The van der Waals surface area contributed by atoms with E-state index in [1.54, 1.807) is 58.2 Å². The van der Waals surface area contributed by atoms with Crippen LogP contribution in [0.15, 0.2) is 133 Å². The number of hydrogen-bond acceptors (Lipinski definition) is 11. The van der Waals surface area contributed by atoms with Crippen LogP contribution in [0.3, 0.4) is 0 Å². The van der Waals surface area contributed by atoms with Crippen molar-refractivity contribution in [3.05, 3.63) is 133 Å². The topological polar surface area (TPSA) is 203 Å². The van der Waals surface area contributed by atoms with Gasteiger partial charge in [-0.2, -0.15) is 0 Å². The van der Waals surface area contributed by atoms with Gasteiger partial charge in [0, 0.05) is 49.0 Å². The van der Waals surface area contributed by atoms with Gasteiger partial charge in [0.15, 0.2) is 0 Å². The number of aromatic nitrogens is 1. The third kappa shape index (κ3) is 11.2. The van der Waals surface area contributed by atoms with Crippen LogP contribution in [0.4, 0.5) is 4.79 Å². The third-order valence-electron chi connectivity index (χ3n) is 11.7. The highest BCUT2D eigenvalue weighted by atomic mass is 127. The summed E-state index contributed by atoms with van der Waals surface area (Å²) in [5.74, 6) is -2.56. The molecule has 0 radical (unpaired) electrons. The number of rotatable bonds is 16. The molecule has 1 unspecified atom stereocenters. The largest absolute Gasteiger partial charge is 0.497 e. The molecule has 2 fully saturated rings. The molecule has 3 N–H and O–H groups in total. The van der Waals surface area contributed by atoms with Gasteiger partial charge in [-0.3, -0.25) is 19.2 Å². The van der Waals surface area contributed by atoms with Crippen LogP contribution in [0.5, 0.6) is 11.5 Å². The first-order valence-corrected chi connectivity index (χ1v) is 24.6. The summed E-state index contributed by atoms with van der Waals surface area (Å²) in [4.78, 5) is 78.6. The number of methoxy groups -OCH3 is 1. The number of sulfonamides is 1. The number of pyridine rings is 1. The normalized spacial score (nSPS) is 19.7. The van der Waals surface area contributed by atoms with E-state index in [4.69, 9.17) is 19.2 Å². The number of likely N-dealkylation sites (N-methyl/N-ethyl adjacent to an activating group) is 1. The SMILES string of the molecule is C=C[C@@H]1C[C@]1(NC(=O)[C@@H]1C[C@@H](Oc2cc(-c3ccccc3)nc3cc(OC)ccc23)CN1C(=O)[C@H](CN(C)C(=O)C(I)c1ccccc1)NC(=O)OC(C)(C)C)C(=O)NS(=O)(=O)c1ccccc1. The molecule has 1 saturated carbocycles. The second kappa shape index (κ2) is 20.4. The standard InChI is InChI=1S/C50H53IN6O10S/c1-7-33-28-50(33,47(61)55-68(63,64)36-21-15-10-16-22-36)54-44(58)41-26-35(66-42-27-38(31-17-11-8-12-18-31)52-39-25-34(65-6)23-24-37(39)42)29-57(41)45(59)40(53-48(62)67-49(2,3)4)30-56(5)46(60)43(51)32-19-13-9-14-20-32/h7-25,27,33,35,40-41,43H,1,26,28-30H2,2-6H3,(H,53,62)(H,54,58)(H,55,61)/t33-,35-,40+,41+,43?,50-/m1/s1. The average Bonchev–Trinajstić information content (AvgIpc) is 3.89. The molecule has 0 spiro atoms. The molecular formula is C50H53IN6O10S. The molecule has 5 amide bonds. The molecule has 4 aromatic carbocycles. The predicted octanol–water partition coefficient (Wildman–Crippen LogP) is 6.35. The summed E-state index contributed by atoms with van der Waals surface area (Å²) in [7, 11) is -1.29. The van der Waals surface area contributed by atoms with Crippen LogP contribution in [0, 0.1) is 5.92 Å². The predicted molar refractivity (Wildman–Crippen MR) is 263 cm³/mol. The maximum atomic E-state index is 15.1. The minimum absolute atomic E-state index is 0.0301. The molecule has 18 heteroatoms. The fourth-order valence-electron chi connectivity index (χ4n) is 8.08. The van der Waals surface area contributed by atoms with Crippen LogP contribution in [0.25, 0.3) is 22.2 Å². The van der Waals surface area contributed by atoms with E-state index in [0.29, 0.717) is 28.1 Å². The smallest absolute Gasteiger partial charge is 0.408 e. The molecular weight excluding hydrogens is 1000 g/mol. The quantitative estimate of drug-likeness (QED) is 0.0565. The number of hydrogen-bond donors (Lipinski definition) is 3. The van der Waals surface area contributed by atoms with E-state index in [1.807, 2.05) is 83.3 Å². The van der Waals surface area contributed by atoms with Crippen molar-refractivity contribution >= 4 is 73.2 Å². The lowest BCUT2D eigenvalue weighted by molar-refractivity contribution is -0.142. The molecule has 356 valence electrons. The minimum Gasteiger partial charge on any atom is -0.497 e. The number of alkyl halides is 1. The summed E-state index contributed by atoms with van der Waals surface area (Å²) in [6.07, 6.45) is -0.415. The van der Waals surface area contributed by atoms with Gasteiger partial charge in [-0.25, -0.2) is 22.9 Å². The van der Waals surface area contributed by atoms with Gasteiger partial charge >= 0.3 is 6.09 Å². The van der Waals surface area contributed by atoms with Gasteiger partial charge in [0.1, 0.15) is 44.8 Å². The summed E-state index contributed by atoms with van der Waals surface area (Å²) in [6.45, 7) is 8.29. The lowest BCUT2D eigenvalue weighted by Gasteiger charge is -2.32. The van der Waals surface area contributed by atoms with Crippen molar-refractivity contribution in [1.82, 2.24) is 30.1 Å². The minimum atomic E-state index is -4.35. The fraction of sp³-hybridized carbons (Fsp3) is 0.320. The number of likely N-dealkylation sites (tertiary alicyclic amines) is 1. The van der Waals surface area contributed by atoms with Gasteiger partial charge in [0.2, 0.25) is 17.7 Å². The van der Waals surface area contributed by atoms with Gasteiger partial charge in [-0.1, -0.05) is 108 Å². The van der Waals surface area contributed by atoms with Crippen LogP contribution in [-0.2, 0) is 33.9 Å². The Bertz CT molecular complexity index is 2810. The van der Waals surface area contributed by atoms with Crippen molar-refractivity contribution < 1.29 is 46.6 Å². The van der Waals surface area contributed by atoms with Crippen LogP contribution in [-0.4, -0.2) is 109 Å². The Labute approximate surface area is 409 Å². The number of alkyl carbamates (subject to hydrolysis) is 1. The van der Waals surface area contributed by atoms with Crippen molar-refractivity contribution in [3.8, 4) is 22.8 Å². The number of halogens is 1. The highest BCUT2D eigenvalue weighted by molar-refractivity contribution is 14.1. The van der Waals surface area contributed by atoms with E-state index in [2.05, 4.69) is 21.9 Å². The Morgan fingerprint density at radius 2 is 1.60 bits per heavy atom. The first-order chi connectivity index (χ1) is 32.3. The molecule has 68 heavy (non-hydrogen) atoms. The third-order valence-corrected chi connectivity index (χ3v) is 14.3. The highest BCUT2D eigenvalue weighted by Crippen LogP contribution is 2.45. The van der Waals surface area contributed by atoms with Gasteiger partial charge in [-0.15, -0.1) is 6.58 Å². The van der Waals surface area contributed by atoms with E-state index in [9.17, 15) is 27.6 Å². The molecule has 0 bridgehead atoms. The lowest BCUT2D eigenvalue weighted by atomic mass is 10.1. The monoisotopic (exact) mass is 1060 g/mol. The Kier molecular flexibility index (Phi) is 14.8.